The van der Waals surface area contributed by atoms with Crippen LogP contribution in [0.2, 0.25) is 5.02 Å². The van der Waals surface area contributed by atoms with Crippen LogP contribution in [0.4, 0.5) is 34.5 Å². The van der Waals surface area contributed by atoms with Gasteiger partial charge < -0.3 is 119 Å². The first-order chi connectivity index (χ1) is 61.6. The van der Waals surface area contributed by atoms with E-state index >= 15 is 0 Å². The molecule has 9 rings (SSSR count). The third-order valence-electron chi connectivity index (χ3n) is 19.2. The van der Waals surface area contributed by atoms with Crippen molar-refractivity contribution in [3.8, 4) is 11.5 Å². The van der Waals surface area contributed by atoms with Crippen LogP contribution in [-0.4, -0.2) is 275 Å². The van der Waals surface area contributed by atoms with E-state index in [9.17, 15) is 52.7 Å². The second-order valence-electron chi connectivity index (χ2n) is 29.2. The predicted molar refractivity (Wildman–Crippen MR) is 474 cm³/mol. The standard InChI is InChI=1S/C84H110ClN25O18/c1-54(86)110-63-20-19-60(122-8)48-61(63)74(55-11-13-56(85)14-12-55)97-62(75(110)87)49-73(116)95-57-15-17-59(18-16-57)128-46-45-127-44-43-126-42-41-125-40-39-124-38-37-123-36-25-70(113)89-27-10-34-104(2)33-9-26-88-68(111)21-28-90-69(112)22-29-93-81(118)77-100-65(51-107(77)5)98-72(115)24-31-94-82(119)78-102-67(53-108(78)6)103-84(121)79-101-66(52-109(79)7)99-71(114)23-30-92-80(117)64-47-58(50-106(64)4)96-83(120)76-91-32-35-105(76)3/h11-20,32,35,47-48,50-53,62,86-87H,9-10,21-31,33-34,36-46,49H2,1-8H3,(H,88,111)(H,89,113)(H,90,112)(H,92,117)(H,93,118)(H,94,119)(H,95,116)(H,96,120)(H,98,115)(H,99,114)(H,103,121)/t62-/m1/s1. The molecule has 0 radical (unpaired) electrons. The number of imidazole rings is 4. The number of hydrogen-bond donors (Lipinski definition) is 13. The quantitative estimate of drug-likeness (QED) is 0.0146. The lowest BCUT2D eigenvalue weighted by molar-refractivity contribution is -0.123. The average molecular weight is 1790 g/mol. The number of benzodiazepines with no additional fused rings is 1. The number of amides is 11. The number of hydrogen-bond acceptors (Lipinski definition) is 26. The minimum absolute atomic E-state index is 0.00324. The number of nitrogens with one attached hydrogen (secondary N) is 13. The number of aliphatic imine (C=N–C) groups is 1. The molecule has 686 valence electrons. The number of carbonyl (C=O) groups is 11. The number of aromatic nitrogens is 9. The topological polar surface area (TPSA) is 527 Å². The highest BCUT2D eigenvalue weighted by Gasteiger charge is 2.33. The fourth-order valence-corrected chi connectivity index (χ4v) is 12.8. The van der Waals surface area contributed by atoms with E-state index in [1.165, 1.54) is 68.1 Å². The minimum atomic E-state index is -0.924. The molecular weight excluding hydrogens is 1680 g/mol. The van der Waals surface area contributed by atoms with Gasteiger partial charge in [-0.2, -0.15) is 0 Å². The van der Waals surface area contributed by atoms with Crippen molar-refractivity contribution in [2.45, 2.75) is 64.3 Å². The maximum Gasteiger partial charge on any atom is 0.292 e. The summed E-state index contributed by atoms with van der Waals surface area (Å²) in [6.45, 7) is 7.68. The van der Waals surface area contributed by atoms with Crippen LogP contribution in [0.15, 0.2) is 115 Å². The van der Waals surface area contributed by atoms with Crippen LogP contribution in [0.1, 0.15) is 122 Å². The van der Waals surface area contributed by atoms with Gasteiger partial charge in [-0.05, 0) is 101 Å². The van der Waals surface area contributed by atoms with Gasteiger partial charge in [0.25, 0.3) is 29.5 Å². The van der Waals surface area contributed by atoms with E-state index in [4.69, 9.17) is 60.6 Å². The van der Waals surface area contributed by atoms with Crippen molar-refractivity contribution >= 4 is 128 Å². The van der Waals surface area contributed by atoms with Crippen LogP contribution >= 0.6 is 11.6 Å². The molecule has 0 bridgehead atoms. The number of anilines is 6. The average Bonchev–Trinajstić information content (AvgIpc) is 1.60. The number of aryl methyl sites for hydroxylation is 5. The van der Waals surface area contributed by atoms with Crippen LogP contribution in [0, 0.1) is 10.8 Å². The number of methoxy groups -OCH3 is 1. The second-order valence-corrected chi connectivity index (χ2v) is 29.7. The molecular formula is C84H110ClN25O18. The van der Waals surface area contributed by atoms with Gasteiger partial charge in [-0.15, -0.1) is 0 Å². The lowest BCUT2D eigenvalue weighted by Gasteiger charge is -2.26. The molecule has 6 heterocycles. The molecule has 128 heavy (non-hydrogen) atoms. The third kappa shape index (κ3) is 31.5. The summed E-state index contributed by atoms with van der Waals surface area (Å²) in [6.07, 6.45) is 10.0. The first kappa shape index (κ1) is 98.2. The van der Waals surface area contributed by atoms with Crippen LogP contribution in [-0.2, 0) is 87.7 Å². The summed E-state index contributed by atoms with van der Waals surface area (Å²) in [7, 11) is 11.4. The molecule has 0 spiro atoms. The lowest BCUT2D eigenvalue weighted by atomic mass is 9.99. The molecule has 1 atom stereocenters. The molecule has 0 saturated carbocycles. The monoisotopic (exact) mass is 1790 g/mol. The molecule has 11 amide bonds. The summed E-state index contributed by atoms with van der Waals surface area (Å²) in [6, 6.07) is 20.0. The first-order valence-electron chi connectivity index (χ1n) is 41.3. The second kappa shape index (κ2) is 50.5. The van der Waals surface area contributed by atoms with Gasteiger partial charge in [-0.3, -0.25) is 73.5 Å². The number of benzene rings is 3. The van der Waals surface area contributed by atoms with Crippen molar-refractivity contribution < 1.29 is 85.9 Å². The normalized spacial score (nSPS) is 12.3. The zero-order chi connectivity index (χ0) is 92.0. The van der Waals surface area contributed by atoms with Crippen molar-refractivity contribution in [2.24, 2.45) is 40.2 Å². The Balaban J connectivity index is 0.508. The van der Waals surface area contributed by atoms with Gasteiger partial charge in [0.1, 0.15) is 41.5 Å². The molecule has 1 aliphatic rings. The molecule has 43 nitrogen and oxygen atoms in total. The summed E-state index contributed by atoms with van der Waals surface area (Å²) in [4.78, 5) is 166. The number of fused-ring (bicyclic) bond motifs is 1. The Morgan fingerprint density at radius 2 is 0.930 bits per heavy atom. The van der Waals surface area contributed by atoms with Crippen molar-refractivity contribution in [1.82, 2.24) is 79.6 Å². The zero-order valence-corrected chi connectivity index (χ0v) is 73.4. The van der Waals surface area contributed by atoms with Gasteiger partial charge in [0, 0.05) is 166 Å². The lowest BCUT2D eigenvalue weighted by Crippen LogP contribution is -2.41. The third-order valence-corrected chi connectivity index (χ3v) is 19.4. The van der Waals surface area contributed by atoms with Crippen LogP contribution < -0.4 is 72.9 Å². The Morgan fingerprint density at radius 1 is 0.461 bits per heavy atom. The summed E-state index contributed by atoms with van der Waals surface area (Å²) < 4.78 is 46.4. The Bertz CT molecular complexity index is 5190. The molecule has 8 aromatic rings. The maximum atomic E-state index is 13.5. The van der Waals surface area contributed by atoms with Crippen molar-refractivity contribution in [1.29, 1.82) is 10.8 Å². The molecule has 0 saturated heterocycles. The van der Waals surface area contributed by atoms with Crippen molar-refractivity contribution in [2.75, 3.05) is 171 Å². The Morgan fingerprint density at radius 3 is 1.45 bits per heavy atom. The van der Waals surface area contributed by atoms with E-state index in [0.717, 1.165) is 18.5 Å². The van der Waals surface area contributed by atoms with Gasteiger partial charge in [0.05, 0.1) is 96.7 Å². The van der Waals surface area contributed by atoms with Crippen LogP contribution in [0.5, 0.6) is 11.5 Å². The number of rotatable bonds is 53. The van der Waals surface area contributed by atoms with E-state index in [0.29, 0.717) is 137 Å². The fraction of sp³-hybridized carbons (Fsp3) is 0.429. The van der Waals surface area contributed by atoms with E-state index in [1.807, 2.05) is 19.2 Å². The highest BCUT2D eigenvalue weighted by molar-refractivity contribution is 6.31. The number of halogens is 1. The van der Waals surface area contributed by atoms with Crippen LogP contribution in [0.25, 0.3) is 0 Å². The first-order valence-corrected chi connectivity index (χ1v) is 41.6. The molecule has 3 aromatic carbocycles. The predicted octanol–water partition coefficient (Wildman–Crippen LogP) is 3.79. The molecule has 13 N–H and O–H groups in total. The number of ether oxygens (including phenoxy) is 7. The fourth-order valence-electron chi connectivity index (χ4n) is 12.7. The number of carbonyl (C=O) groups excluding carboxylic acids is 11. The molecule has 0 unspecified atom stereocenters. The molecule has 5 aromatic heterocycles. The smallest absolute Gasteiger partial charge is 0.292 e. The summed E-state index contributed by atoms with van der Waals surface area (Å²) in [5, 5.41) is 47.9. The van der Waals surface area contributed by atoms with Gasteiger partial charge in [-0.1, -0.05) is 23.7 Å². The molecule has 0 fully saturated rings. The largest absolute Gasteiger partial charge is 0.497 e. The summed E-state index contributed by atoms with van der Waals surface area (Å²) >= 11 is 6.22. The highest BCUT2D eigenvalue weighted by atomic mass is 35.5. The minimum Gasteiger partial charge on any atom is -0.497 e. The van der Waals surface area contributed by atoms with E-state index in [2.05, 4.69) is 83.3 Å². The summed E-state index contributed by atoms with van der Waals surface area (Å²) in [5.74, 6) is -3.77. The number of nitrogens with zero attached hydrogens (tertiary/aromatic N) is 12. The number of amidine groups is 2. The zero-order valence-electron chi connectivity index (χ0n) is 72.7. The Labute approximate surface area is 743 Å². The molecule has 1 aliphatic heterocycles. The van der Waals surface area contributed by atoms with Crippen molar-refractivity contribution in [3.05, 3.63) is 155 Å². The van der Waals surface area contributed by atoms with Gasteiger partial charge in [0.2, 0.25) is 52.9 Å². The van der Waals surface area contributed by atoms with Crippen LogP contribution in [0.3, 0.4) is 0 Å². The molecule has 44 heteroatoms. The Kier molecular flexibility index (Phi) is 38.8. The van der Waals surface area contributed by atoms with Gasteiger partial charge in [-0.25, -0.2) is 19.9 Å². The highest BCUT2D eigenvalue weighted by Crippen LogP contribution is 2.34. The SMILES string of the molecule is COc1ccc2c(c1)C(c1ccc(Cl)cc1)=N[C@H](CC(=O)Nc1ccc(OCCOCCOCCOCCOCCOCCC(=O)NCCCN(C)CCCNC(=O)CCNC(=O)CCNC(=O)c3nc(NC(=O)CCNC(=O)c4nc(NC(=O)c5nc(NC(=O)CCNC(=O)c6cc(NC(=O)c7nccn7C)cn6C)cn5C)cn4C)cn3C)cc1)C(=N)N2C(C)=N. The van der Waals surface area contributed by atoms with Crippen molar-refractivity contribution in [3.63, 3.8) is 0 Å². The Hall–Kier alpha value is -13.6. The van der Waals surface area contributed by atoms with E-state index < -0.39 is 47.4 Å². The molecule has 0 aliphatic carbocycles. The van der Waals surface area contributed by atoms with E-state index in [-0.39, 0.29) is 153 Å². The maximum absolute atomic E-state index is 13.5. The van der Waals surface area contributed by atoms with Gasteiger partial charge in [0.15, 0.2) is 23.3 Å². The van der Waals surface area contributed by atoms with E-state index in [1.54, 1.807) is 107 Å². The van der Waals surface area contributed by atoms with Gasteiger partial charge >= 0.3 is 0 Å². The summed E-state index contributed by atoms with van der Waals surface area (Å²) in [5.41, 5.74) is 3.61.